The van der Waals surface area contributed by atoms with E-state index in [1.807, 2.05) is 44.2 Å². The molecule has 0 amide bonds. The van der Waals surface area contributed by atoms with E-state index in [2.05, 4.69) is 4.89 Å². The van der Waals surface area contributed by atoms with E-state index in [9.17, 15) is 0 Å². The molecule has 13 heavy (non-hydrogen) atoms. The number of hydrogen-bond acceptors (Lipinski definition) is 2. The van der Waals surface area contributed by atoms with E-state index in [1.54, 1.807) is 0 Å². The average Bonchev–Trinajstić information content (AvgIpc) is 2.19. The molecule has 0 saturated heterocycles. The van der Waals surface area contributed by atoms with Gasteiger partial charge in [-0.25, -0.2) is 4.89 Å². The van der Waals surface area contributed by atoms with Crippen LogP contribution in [-0.4, -0.2) is 10.9 Å². The van der Waals surface area contributed by atoms with Gasteiger partial charge in [0.05, 0.1) is 0 Å². The second-order valence-electron chi connectivity index (χ2n) is 3.56. The van der Waals surface area contributed by atoms with E-state index in [0.29, 0.717) is 0 Å². The van der Waals surface area contributed by atoms with Crippen molar-refractivity contribution >= 4 is 0 Å². The number of benzene rings is 1. The molecule has 0 aliphatic rings. The van der Waals surface area contributed by atoms with Gasteiger partial charge in [-0.05, 0) is 18.9 Å². The SMILES string of the molecule is CCC(C)(Cc1ccccc1)OO. The van der Waals surface area contributed by atoms with Gasteiger partial charge >= 0.3 is 0 Å². The van der Waals surface area contributed by atoms with E-state index in [1.165, 1.54) is 5.56 Å². The van der Waals surface area contributed by atoms with Crippen molar-refractivity contribution in [3.05, 3.63) is 35.9 Å². The Morgan fingerprint density at radius 1 is 1.31 bits per heavy atom. The van der Waals surface area contributed by atoms with Crippen LogP contribution < -0.4 is 0 Å². The molecule has 2 heteroatoms. The summed E-state index contributed by atoms with van der Waals surface area (Å²) in [6.45, 7) is 3.90. The van der Waals surface area contributed by atoms with Crippen molar-refractivity contribution in [3.8, 4) is 0 Å². The second-order valence-corrected chi connectivity index (χ2v) is 3.56. The molecule has 1 N–H and O–H groups in total. The highest BCUT2D eigenvalue weighted by molar-refractivity contribution is 5.16. The van der Waals surface area contributed by atoms with Crippen LogP contribution in [0.5, 0.6) is 0 Å². The lowest BCUT2D eigenvalue weighted by molar-refractivity contribution is -0.318. The first kappa shape index (κ1) is 10.2. The first-order valence-corrected chi connectivity index (χ1v) is 4.57. The van der Waals surface area contributed by atoms with Crippen molar-refractivity contribution in [2.45, 2.75) is 32.3 Å². The highest BCUT2D eigenvalue weighted by Crippen LogP contribution is 2.19. The van der Waals surface area contributed by atoms with Crippen LogP contribution in [0.25, 0.3) is 0 Å². The van der Waals surface area contributed by atoms with Crippen molar-refractivity contribution in [1.29, 1.82) is 0 Å². The van der Waals surface area contributed by atoms with Gasteiger partial charge in [-0.2, -0.15) is 0 Å². The van der Waals surface area contributed by atoms with Crippen LogP contribution in [0.15, 0.2) is 30.3 Å². The molecule has 0 aliphatic heterocycles. The maximum atomic E-state index is 8.75. The fraction of sp³-hybridized carbons (Fsp3) is 0.455. The van der Waals surface area contributed by atoms with Crippen LogP contribution in [0, 0.1) is 0 Å². The molecule has 1 aromatic rings. The third-order valence-corrected chi connectivity index (χ3v) is 2.39. The van der Waals surface area contributed by atoms with E-state index < -0.39 is 5.60 Å². The summed E-state index contributed by atoms with van der Waals surface area (Å²) in [5, 5.41) is 8.75. The highest BCUT2D eigenvalue weighted by Gasteiger charge is 2.23. The number of hydrogen-bond donors (Lipinski definition) is 1. The maximum Gasteiger partial charge on any atom is 0.104 e. The van der Waals surface area contributed by atoms with Crippen molar-refractivity contribution in [2.75, 3.05) is 0 Å². The molecule has 2 nitrogen and oxygen atoms in total. The molecule has 0 radical (unpaired) electrons. The average molecular weight is 180 g/mol. The van der Waals surface area contributed by atoms with Crippen LogP contribution in [0.2, 0.25) is 0 Å². The summed E-state index contributed by atoms with van der Waals surface area (Å²) < 4.78 is 0. The van der Waals surface area contributed by atoms with Crippen molar-refractivity contribution in [1.82, 2.24) is 0 Å². The smallest absolute Gasteiger partial charge is 0.104 e. The minimum atomic E-state index is -0.457. The summed E-state index contributed by atoms with van der Waals surface area (Å²) in [7, 11) is 0. The topological polar surface area (TPSA) is 29.5 Å². The molecule has 0 aliphatic carbocycles. The molecule has 72 valence electrons. The maximum absolute atomic E-state index is 8.75. The van der Waals surface area contributed by atoms with E-state index in [4.69, 9.17) is 5.26 Å². The Morgan fingerprint density at radius 2 is 1.92 bits per heavy atom. The summed E-state index contributed by atoms with van der Waals surface area (Å²) in [5.41, 5.74) is 0.724. The van der Waals surface area contributed by atoms with Crippen LogP contribution in [-0.2, 0) is 11.3 Å². The Balaban J connectivity index is 2.68. The molecule has 1 aromatic carbocycles. The Labute approximate surface area is 79.1 Å². The zero-order valence-corrected chi connectivity index (χ0v) is 8.16. The lowest BCUT2D eigenvalue weighted by Gasteiger charge is -2.23. The lowest BCUT2D eigenvalue weighted by Crippen LogP contribution is -2.29. The monoisotopic (exact) mass is 180 g/mol. The van der Waals surface area contributed by atoms with Crippen LogP contribution >= 0.6 is 0 Å². The fourth-order valence-corrected chi connectivity index (χ4v) is 1.25. The van der Waals surface area contributed by atoms with Gasteiger partial charge < -0.3 is 0 Å². The molecular weight excluding hydrogens is 164 g/mol. The quantitative estimate of drug-likeness (QED) is 0.570. The van der Waals surface area contributed by atoms with Gasteiger partial charge in [-0.15, -0.1) is 0 Å². The molecule has 0 saturated carbocycles. The predicted molar refractivity (Wildman–Crippen MR) is 52.6 cm³/mol. The van der Waals surface area contributed by atoms with Crippen LogP contribution in [0.3, 0.4) is 0 Å². The van der Waals surface area contributed by atoms with Gasteiger partial charge in [0.15, 0.2) is 0 Å². The first-order valence-electron chi connectivity index (χ1n) is 4.57. The molecule has 0 spiro atoms. The molecule has 1 unspecified atom stereocenters. The highest BCUT2D eigenvalue weighted by atomic mass is 17.1. The third kappa shape index (κ3) is 2.83. The molecular formula is C11H16O2. The van der Waals surface area contributed by atoms with Gasteiger partial charge in [0.25, 0.3) is 0 Å². The zero-order valence-electron chi connectivity index (χ0n) is 8.16. The third-order valence-electron chi connectivity index (χ3n) is 2.39. The minimum Gasteiger partial charge on any atom is -0.251 e. The lowest BCUT2D eigenvalue weighted by atomic mass is 9.94. The van der Waals surface area contributed by atoms with Crippen molar-refractivity contribution in [3.63, 3.8) is 0 Å². The van der Waals surface area contributed by atoms with Crippen LogP contribution in [0.4, 0.5) is 0 Å². The normalized spacial score (nSPS) is 15.3. The van der Waals surface area contributed by atoms with Crippen molar-refractivity contribution < 1.29 is 10.1 Å². The van der Waals surface area contributed by atoms with Gasteiger partial charge in [-0.3, -0.25) is 5.26 Å². The van der Waals surface area contributed by atoms with Gasteiger partial charge in [0.1, 0.15) is 5.60 Å². The second kappa shape index (κ2) is 4.40. The van der Waals surface area contributed by atoms with Gasteiger partial charge in [0, 0.05) is 6.42 Å². The van der Waals surface area contributed by atoms with Gasteiger partial charge in [0.2, 0.25) is 0 Å². The fourth-order valence-electron chi connectivity index (χ4n) is 1.25. The van der Waals surface area contributed by atoms with E-state index in [0.717, 1.165) is 12.8 Å². The molecule has 0 fully saturated rings. The Hall–Kier alpha value is -0.860. The van der Waals surface area contributed by atoms with E-state index in [-0.39, 0.29) is 0 Å². The zero-order chi connectivity index (χ0) is 9.73. The summed E-state index contributed by atoms with van der Waals surface area (Å²) in [6.07, 6.45) is 1.53. The Bertz CT molecular complexity index is 240. The molecule has 1 rings (SSSR count). The summed E-state index contributed by atoms with van der Waals surface area (Å²) in [5.74, 6) is 0. The van der Waals surface area contributed by atoms with E-state index >= 15 is 0 Å². The minimum absolute atomic E-state index is 0.457. The standard InChI is InChI=1S/C11H16O2/c1-3-11(2,13-12)9-10-7-5-4-6-8-10/h4-8,12H,3,9H2,1-2H3. The Kier molecular flexibility index (Phi) is 3.46. The van der Waals surface area contributed by atoms with Crippen LogP contribution in [0.1, 0.15) is 25.8 Å². The van der Waals surface area contributed by atoms with Gasteiger partial charge in [-0.1, -0.05) is 37.3 Å². The summed E-state index contributed by atoms with van der Waals surface area (Å²) >= 11 is 0. The van der Waals surface area contributed by atoms with Crippen molar-refractivity contribution in [2.24, 2.45) is 0 Å². The largest absolute Gasteiger partial charge is 0.251 e. The summed E-state index contributed by atoms with van der Waals surface area (Å²) in [4.78, 5) is 4.49. The molecule has 0 aromatic heterocycles. The first-order chi connectivity index (χ1) is 6.20. The summed E-state index contributed by atoms with van der Waals surface area (Å²) in [6, 6.07) is 10.0. The Morgan fingerprint density at radius 3 is 2.38 bits per heavy atom. The molecule has 1 atom stereocenters. The predicted octanol–water partition coefficient (Wildman–Crippen LogP) is 2.89. The molecule has 0 heterocycles. The number of rotatable bonds is 4. The molecule has 0 bridgehead atoms.